The van der Waals surface area contributed by atoms with Crippen LogP contribution in [0.15, 0.2) is 41.5 Å². The number of pyridine rings is 1. The van der Waals surface area contributed by atoms with E-state index in [1.165, 1.54) is 4.57 Å². The summed E-state index contributed by atoms with van der Waals surface area (Å²) in [5.74, 6) is -0.303. The molecule has 4 rings (SSSR count). The van der Waals surface area contributed by atoms with E-state index in [0.29, 0.717) is 33.5 Å². The summed E-state index contributed by atoms with van der Waals surface area (Å²) in [6.45, 7) is 6.40. The van der Waals surface area contributed by atoms with Crippen LogP contribution in [0, 0.1) is 4.77 Å². The van der Waals surface area contributed by atoms with Crippen molar-refractivity contribution in [1.82, 2.24) is 24.3 Å². The van der Waals surface area contributed by atoms with E-state index in [0.717, 1.165) is 11.0 Å². The molecular formula is C20H20N6O2S. The van der Waals surface area contributed by atoms with E-state index in [1.807, 2.05) is 31.5 Å². The number of nitrogens with one attached hydrogen (secondary N) is 2. The monoisotopic (exact) mass is 408 g/mol. The summed E-state index contributed by atoms with van der Waals surface area (Å²) < 4.78 is 3.64. The molecule has 1 aromatic carbocycles. The fourth-order valence-electron chi connectivity index (χ4n) is 3.27. The molecule has 0 atom stereocenters. The number of aromatic amines is 1. The molecule has 29 heavy (non-hydrogen) atoms. The van der Waals surface area contributed by atoms with E-state index in [2.05, 4.69) is 20.4 Å². The Hall–Kier alpha value is -3.33. The van der Waals surface area contributed by atoms with Crippen molar-refractivity contribution >= 4 is 45.7 Å². The first-order valence-electron chi connectivity index (χ1n) is 9.30. The van der Waals surface area contributed by atoms with Crippen LogP contribution in [-0.4, -0.2) is 30.2 Å². The van der Waals surface area contributed by atoms with Crippen LogP contribution in [0.2, 0.25) is 0 Å². The van der Waals surface area contributed by atoms with Gasteiger partial charge in [-0.1, -0.05) is 0 Å². The fourth-order valence-corrected chi connectivity index (χ4v) is 3.59. The number of hydrogen-bond acceptors (Lipinski definition) is 5. The largest absolute Gasteiger partial charge is 0.332 e. The highest BCUT2D eigenvalue weighted by Crippen LogP contribution is 2.20. The lowest BCUT2D eigenvalue weighted by molar-refractivity contribution is 0.102. The van der Waals surface area contributed by atoms with Gasteiger partial charge in [0.25, 0.3) is 11.5 Å². The average Bonchev–Trinajstić information content (AvgIpc) is 3.11. The molecule has 148 valence electrons. The molecule has 0 saturated heterocycles. The highest BCUT2D eigenvalue weighted by molar-refractivity contribution is 7.71. The Balaban J connectivity index is 1.66. The van der Waals surface area contributed by atoms with Crippen molar-refractivity contribution in [3.05, 3.63) is 57.3 Å². The molecule has 0 unspecified atom stereocenters. The first-order chi connectivity index (χ1) is 13.9. The van der Waals surface area contributed by atoms with Gasteiger partial charge in [0.05, 0.1) is 29.0 Å². The summed E-state index contributed by atoms with van der Waals surface area (Å²) in [7, 11) is 0. The summed E-state index contributed by atoms with van der Waals surface area (Å²) in [5.41, 5.74) is 2.11. The minimum atomic E-state index is -0.303. The third kappa shape index (κ3) is 3.33. The van der Waals surface area contributed by atoms with Crippen molar-refractivity contribution in [2.75, 3.05) is 5.32 Å². The van der Waals surface area contributed by atoms with Gasteiger partial charge in [-0.2, -0.15) is 5.10 Å². The normalized spacial score (nSPS) is 11.4. The Morgan fingerprint density at radius 2 is 2.07 bits per heavy atom. The van der Waals surface area contributed by atoms with E-state index in [1.54, 1.807) is 30.6 Å². The molecule has 0 aliphatic carbocycles. The fraction of sp³-hybridized carbons (Fsp3) is 0.250. The summed E-state index contributed by atoms with van der Waals surface area (Å²) in [4.78, 5) is 32.6. The van der Waals surface area contributed by atoms with Crippen LogP contribution >= 0.6 is 12.2 Å². The number of fused-ring (bicyclic) bond motifs is 2. The molecule has 0 saturated carbocycles. The maximum Gasteiger partial charge on any atom is 0.262 e. The van der Waals surface area contributed by atoms with E-state index in [9.17, 15) is 9.59 Å². The van der Waals surface area contributed by atoms with Crippen LogP contribution in [0.4, 0.5) is 5.69 Å². The lowest BCUT2D eigenvalue weighted by Gasteiger charge is -2.09. The van der Waals surface area contributed by atoms with Crippen molar-refractivity contribution in [3.8, 4) is 0 Å². The third-order valence-corrected chi connectivity index (χ3v) is 5.06. The number of carbonyl (C=O) groups excluding carboxylic acids is 1. The van der Waals surface area contributed by atoms with Crippen LogP contribution in [0.1, 0.15) is 37.2 Å². The van der Waals surface area contributed by atoms with Crippen molar-refractivity contribution in [2.24, 2.45) is 0 Å². The smallest absolute Gasteiger partial charge is 0.262 e. The molecule has 8 nitrogen and oxygen atoms in total. The number of rotatable bonds is 4. The Labute approximate surface area is 171 Å². The van der Waals surface area contributed by atoms with Gasteiger partial charge < -0.3 is 10.3 Å². The average molecular weight is 408 g/mol. The Bertz CT molecular complexity index is 1370. The second-order valence-electron chi connectivity index (χ2n) is 7.01. The molecule has 3 aromatic heterocycles. The number of amides is 1. The molecule has 4 aromatic rings. The van der Waals surface area contributed by atoms with Gasteiger partial charge >= 0.3 is 0 Å². The van der Waals surface area contributed by atoms with Gasteiger partial charge in [0.1, 0.15) is 0 Å². The maximum absolute atomic E-state index is 12.7. The number of anilines is 1. The van der Waals surface area contributed by atoms with Crippen LogP contribution in [0.3, 0.4) is 0 Å². The van der Waals surface area contributed by atoms with Gasteiger partial charge in [-0.05, 0) is 57.3 Å². The van der Waals surface area contributed by atoms with Crippen molar-refractivity contribution in [1.29, 1.82) is 0 Å². The van der Waals surface area contributed by atoms with Crippen LogP contribution in [0.25, 0.3) is 21.9 Å². The Morgan fingerprint density at radius 3 is 2.79 bits per heavy atom. The van der Waals surface area contributed by atoms with Gasteiger partial charge in [-0.25, -0.2) is 9.67 Å². The number of hydrogen-bond donors (Lipinski definition) is 2. The highest BCUT2D eigenvalue weighted by Gasteiger charge is 2.12. The third-order valence-electron chi connectivity index (χ3n) is 4.74. The Morgan fingerprint density at radius 1 is 1.28 bits per heavy atom. The van der Waals surface area contributed by atoms with Crippen molar-refractivity contribution in [2.45, 2.75) is 33.4 Å². The van der Waals surface area contributed by atoms with E-state index >= 15 is 0 Å². The number of benzene rings is 1. The van der Waals surface area contributed by atoms with Gasteiger partial charge in [-0.3, -0.25) is 14.2 Å². The number of nitrogens with zero attached hydrogens (tertiary/aromatic N) is 4. The zero-order valence-corrected chi connectivity index (χ0v) is 17.1. The van der Waals surface area contributed by atoms with Crippen molar-refractivity contribution < 1.29 is 4.79 Å². The minimum Gasteiger partial charge on any atom is -0.332 e. The number of H-pyrrole nitrogens is 1. The maximum atomic E-state index is 12.7. The lowest BCUT2D eigenvalue weighted by atomic mass is 10.1. The molecule has 0 bridgehead atoms. The molecule has 0 spiro atoms. The summed E-state index contributed by atoms with van der Waals surface area (Å²) >= 11 is 5.24. The molecule has 1 amide bonds. The topological polar surface area (TPSA) is 97.6 Å². The van der Waals surface area contributed by atoms with E-state index in [-0.39, 0.29) is 17.5 Å². The predicted octanol–water partition coefficient (Wildman–Crippen LogP) is 3.66. The van der Waals surface area contributed by atoms with Crippen LogP contribution < -0.4 is 10.9 Å². The first-order valence-corrected chi connectivity index (χ1v) is 9.71. The van der Waals surface area contributed by atoms with Crippen LogP contribution in [0.5, 0.6) is 0 Å². The second kappa shape index (κ2) is 7.25. The second-order valence-corrected chi connectivity index (χ2v) is 7.40. The van der Waals surface area contributed by atoms with Gasteiger partial charge in [0.2, 0.25) is 0 Å². The SMILES string of the molecule is CCn1c(=S)[nH]c2cc(C(=O)Nc3cnc4c(cnn4C(C)C)c3)ccc2c1=O. The molecule has 0 fully saturated rings. The molecule has 0 aliphatic heterocycles. The highest BCUT2D eigenvalue weighted by atomic mass is 32.1. The van der Waals surface area contributed by atoms with E-state index < -0.39 is 0 Å². The van der Waals surface area contributed by atoms with Crippen LogP contribution in [-0.2, 0) is 6.54 Å². The van der Waals surface area contributed by atoms with Gasteiger partial charge in [0.15, 0.2) is 10.4 Å². The zero-order chi connectivity index (χ0) is 20.7. The Kier molecular flexibility index (Phi) is 4.75. The lowest BCUT2D eigenvalue weighted by Crippen LogP contribution is -2.21. The number of carbonyl (C=O) groups is 1. The first kappa shape index (κ1) is 19.0. The molecule has 9 heteroatoms. The molecule has 3 heterocycles. The molecular weight excluding hydrogens is 388 g/mol. The van der Waals surface area contributed by atoms with E-state index in [4.69, 9.17) is 12.2 Å². The minimum absolute atomic E-state index is 0.171. The van der Waals surface area contributed by atoms with Crippen molar-refractivity contribution in [3.63, 3.8) is 0 Å². The van der Waals surface area contributed by atoms with Gasteiger partial charge in [-0.15, -0.1) is 0 Å². The van der Waals surface area contributed by atoms with Gasteiger partial charge in [0, 0.05) is 23.5 Å². The molecule has 2 N–H and O–H groups in total. The quantitative estimate of drug-likeness (QED) is 0.502. The predicted molar refractivity (Wildman–Crippen MR) is 115 cm³/mol. The summed E-state index contributed by atoms with van der Waals surface area (Å²) in [6, 6.07) is 6.92. The molecule has 0 radical (unpaired) electrons. The zero-order valence-electron chi connectivity index (χ0n) is 16.3. The number of aromatic nitrogens is 5. The summed E-state index contributed by atoms with van der Waals surface area (Å²) in [5, 5.41) is 8.51. The standard InChI is InChI=1S/C20H20N6O2S/c1-4-25-19(28)15-6-5-12(8-16(15)24-20(25)29)18(27)23-14-7-13-9-22-26(11(2)3)17(13)21-10-14/h5-11H,4H2,1-3H3,(H,23,27)(H,24,29). The molecule has 0 aliphatic rings. The summed E-state index contributed by atoms with van der Waals surface area (Å²) in [6.07, 6.45) is 3.34.